The van der Waals surface area contributed by atoms with Crippen molar-refractivity contribution >= 4 is 44.9 Å². The first-order valence-electron chi connectivity index (χ1n) is 5.11. The monoisotopic (exact) mass is 265 g/mol. The number of nitrogens with zero attached hydrogens (tertiary/aromatic N) is 1. The van der Waals surface area contributed by atoms with Gasteiger partial charge in [0.2, 0.25) is 0 Å². The van der Waals surface area contributed by atoms with E-state index in [2.05, 4.69) is 4.98 Å². The molecule has 0 aliphatic carbocycles. The van der Waals surface area contributed by atoms with Gasteiger partial charge in [0.05, 0.1) is 10.2 Å². The smallest absolute Gasteiger partial charge is 0.152 e. The Kier molecular flexibility index (Phi) is 3.59. The van der Waals surface area contributed by atoms with Crippen molar-refractivity contribution in [3.63, 3.8) is 0 Å². The molecule has 0 radical (unpaired) electrons. The van der Waals surface area contributed by atoms with Crippen molar-refractivity contribution < 1.29 is 9.59 Å². The predicted molar refractivity (Wildman–Crippen MR) is 70.6 cm³/mol. The number of para-hydroxylation sites is 1. The van der Waals surface area contributed by atoms with E-state index in [9.17, 15) is 9.59 Å². The molecule has 0 N–H and O–H groups in total. The molecule has 5 heteroatoms. The van der Waals surface area contributed by atoms with Crippen molar-refractivity contribution in [2.45, 2.75) is 23.4 Å². The highest BCUT2D eigenvalue weighted by Crippen LogP contribution is 2.32. The van der Waals surface area contributed by atoms with Gasteiger partial charge in [0.1, 0.15) is 5.25 Å². The van der Waals surface area contributed by atoms with E-state index >= 15 is 0 Å². The summed E-state index contributed by atoms with van der Waals surface area (Å²) < 4.78 is 1.84. The Hall–Kier alpha value is -1.20. The van der Waals surface area contributed by atoms with Gasteiger partial charge in [-0.2, -0.15) is 0 Å². The van der Waals surface area contributed by atoms with Crippen LogP contribution in [0.25, 0.3) is 10.2 Å². The molecule has 88 valence electrons. The van der Waals surface area contributed by atoms with Crippen LogP contribution >= 0.6 is 23.1 Å². The molecule has 0 fully saturated rings. The normalized spacial score (nSPS) is 11.0. The van der Waals surface area contributed by atoms with Crippen molar-refractivity contribution in [3.8, 4) is 0 Å². The summed E-state index contributed by atoms with van der Waals surface area (Å²) in [7, 11) is 0. The Balaban J connectivity index is 2.28. The Morgan fingerprint density at radius 3 is 2.47 bits per heavy atom. The number of rotatable bonds is 4. The lowest BCUT2D eigenvalue weighted by Gasteiger charge is -2.06. The molecule has 2 aromatic rings. The molecule has 0 amide bonds. The highest BCUT2D eigenvalue weighted by atomic mass is 32.2. The lowest BCUT2D eigenvalue weighted by Crippen LogP contribution is -2.21. The Morgan fingerprint density at radius 1 is 1.24 bits per heavy atom. The molecule has 1 heterocycles. The van der Waals surface area contributed by atoms with Crippen LogP contribution in [0.3, 0.4) is 0 Å². The Labute approximate surface area is 107 Å². The SMILES string of the molecule is CC(=O)C(Sc1nc2ccccc2s1)C(C)=O. The second-order valence-corrected chi connectivity index (χ2v) is 6.05. The van der Waals surface area contributed by atoms with E-state index in [1.165, 1.54) is 36.9 Å². The number of thioether (sulfide) groups is 1. The fourth-order valence-electron chi connectivity index (χ4n) is 1.45. The van der Waals surface area contributed by atoms with Crippen molar-refractivity contribution in [1.29, 1.82) is 0 Å². The van der Waals surface area contributed by atoms with Gasteiger partial charge >= 0.3 is 0 Å². The minimum Gasteiger partial charge on any atom is -0.298 e. The predicted octanol–water partition coefficient (Wildman–Crippen LogP) is 2.94. The molecule has 17 heavy (non-hydrogen) atoms. The van der Waals surface area contributed by atoms with E-state index in [4.69, 9.17) is 0 Å². The first kappa shape index (κ1) is 12.3. The van der Waals surface area contributed by atoms with Crippen molar-refractivity contribution in [3.05, 3.63) is 24.3 Å². The van der Waals surface area contributed by atoms with Gasteiger partial charge in [0.25, 0.3) is 0 Å². The number of carbonyl (C=O) groups is 2. The molecule has 0 aliphatic rings. The average molecular weight is 265 g/mol. The van der Waals surface area contributed by atoms with E-state index in [1.54, 1.807) is 0 Å². The number of aromatic nitrogens is 1. The molecule has 0 saturated heterocycles. The van der Waals surface area contributed by atoms with E-state index in [1.807, 2.05) is 24.3 Å². The van der Waals surface area contributed by atoms with Gasteiger partial charge in [-0.1, -0.05) is 23.9 Å². The first-order valence-corrected chi connectivity index (χ1v) is 6.80. The summed E-state index contributed by atoms with van der Waals surface area (Å²) in [6.45, 7) is 2.87. The maximum atomic E-state index is 11.3. The standard InChI is InChI=1S/C12H11NO2S2/c1-7(14)11(8(2)15)17-12-13-9-5-3-4-6-10(9)16-12/h3-6,11H,1-2H3. The molecular weight excluding hydrogens is 254 g/mol. The number of benzene rings is 1. The van der Waals surface area contributed by atoms with Crippen LogP contribution in [-0.2, 0) is 9.59 Å². The number of ketones is 2. The average Bonchev–Trinajstić information content (AvgIpc) is 2.67. The summed E-state index contributed by atoms with van der Waals surface area (Å²) in [5.41, 5.74) is 0.908. The lowest BCUT2D eigenvalue weighted by molar-refractivity contribution is -0.123. The third-order valence-electron chi connectivity index (χ3n) is 2.23. The molecule has 0 aliphatic heterocycles. The van der Waals surface area contributed by atoms with Crippen LogP contribution in [0.15, 0.2) is 28.6 Å². The Bertz CT molecular complexity index is 530. The van der Waals surface area contributed by atoms with Gasteiger partial charge in [0, 0.05) is 0 Å². The topological polar surface area (TPSA) is 47.0 Å². The molecule has 1 aromatic carbocycles. The maximum Gasteiger partial charge on any atom is 0.152 e. The van der Waals surface area contributed by atoms with Gasteiger partial charge in [-0.25, -0.2) is 4.98 Å². The van der Waals surface area contributed by atoms with Crippen LogP contribution in [0.1, 0.15) is 13.8 Å². The van der Waals surface area contributed by atoms with Gasteiger partial charge in [0.15, 0.2) is 15.9 Å². The zero-order valence-corrected chi connectivity index (χ0v) is 11.1. The van der Waals surface area contributed by atoms with Crippen LogP contribution in [0.4, 0.5) is 0 Å². The first-order chi connectivity index (χ1) is 8.08. The van der Waals surface area contributed by atoms with E-state index in [-0.39, 0.29) is 11.6 Å². The minimum atomic E-state index is -0.629. The third kappa shape index (κ3) is 2.73. The van der Waals surface area contributed by atoms with Gasteiger partial charge in [-0.05, 0) is 26.0 Å². The molecule has 1 aromatic heterocycles. The van der Waals surface area contributed by atoms with E-state index < -0.39 is 5.25 Å². The van der Waals surface area contributed by atoms with Gasteiger partial charge in [-0.15, -0.1) is 11.3 Å². The molecule has 3 nitrogen and oxygen atoms in total. The zero-order valence-electron chi connectivity index (χ0n) is 9.47. The molecular formula is C12H11NO2S2. The molecule has 0 bridgehead atoms. The van der Waals surface area contributed by atoms with Crippen molar-refractivity contribution in [2.75, 3.05) is 0 Å². The largest absolute Gasteiger partial charge is 0.298 e. The summed E-state index contributed by atoms with van der Waals surface area (Å²) in [6, 6.07) is 7.77. The summed E-state index contributed by atoms with van der Waals surface area (Å²) >= 11 is 2.75. The quantitative estimate of drug-likeness (QED) is 0.630. The molecule has 0 atom stereocenters. The fourth-order valence-corrected chi connectivity index (χ4v) is 3.59. The van der Waals surface area contributed by atoms with Crippen LogP contribution in [-0.4, -0.2) is 21.8 Å². The van der Waals surface area contributed by atoms with Crippen molar-refractivity contribution in [2.24, 2.45) is 0 Å². The molecule has 0 saturated carbocycles. The molecule has 0 spiro atoms. The van der Waals surface area contributed by atoms with E-state index in [0.717, 1.165) is 14.6 Å². The summed E-state index contributed by atoms with van der Waals surface area (Å²) in [5.74, 6) is -0.247. The van der Waals surface area contributed by atoms with Gasteiger partial charge < -0.3 is 0 Å². The second-order valence-electron chi connectivity index (χ2n) is 3.67. The molecule has 0 unspecified atom stereocenters. The van der Waals surface area contributed by atoms with Crippen LogP contribution in [0.2, 0.25) is 0 Å². The Morgan fingerprint density at radius 2 is 1.88 bits per heavy atom. The summed E-state index contributed by atoms with van der Waals surface area (Å²) in [6.07, 6.45) is 0. The molecule has 2 rings (SSSR count). The highest BCUT2D eigenvalue weighted by Gasteiger charge is 2.22. The summed E-state index contributed by atoms with van der Waals surface area (Å²) in [4.78, 5) is 27.1. The highest BCUT2D eigenvalue weighted by molar-refractivity contribution is 8.03. The number of fused-ring (bicyclic) bond motifs is 1. The van der Waals surface area contributed by atoms with Crippen LogP contribution in [0.5, 0.6) is 0 Å². The zero-order chi connectivity index (χ0) is 12.4. The summed E-state index contributed by atoms with van der Waals surface area (Å²) in [5, 5.41) is -0.629. The number of Topliss-reactive ketones (excluding diaryl/α,β-unsaturated/α-hetero) is 2. The number of thiazole rings is 1. The van der Waals surface area contributed by atoms with Gasteiger partial charge in [-0.3, -0.25) is 9.59 Å². The van der Waals surface area contributed by atoms with Crippen molar-refractivity contribution in [1.82, 2.24) is 4.98 Å². The fraction of sp³-hybridized carbons (Fsp3) is 0.250. The number of hydrogen-bond acceptors (Lipinski definition) is 5. The second kappa shape index (κ2) is 4.98. The minimum absolute atomic E-state index is 0.123. The number of hydrogen-bond donors (Lipinski definition) is 0. The maximum absolute atomic E-state index is 11.3. The third-order valence-corrected chi connectivity index (χ3v) is 4.79. The van der Waals surface area contributed by atoms with E-state index in [0.29, 0.717) is 0 Å². The number of carbonyl (C=O) groups excluding carboxylic acids is 2. The van der Waals surface area contributed by atoms with Crippen LogP contribution < -0.4 is 0 Å². The lowest BCUT2D eigenvalue weighted by atomic mass is 10.2. The van der Waals surface area contributed by atoms with Crippen LogP contribution in [0, 0.1) is 0 Å².